The molecule has 1 saturated heterocycles. The lowest BCUT2D eigenvalue weighted by molar-refractivity contribution is -0.181. The predicted molar refractivity (Wildman–Crippen MR) is 101 cm³/mol. The molecule has 0 radical (unpaired) electrons. The van der Waals surface area contributed by atoms with Gasteiger partial charge in [-0.05, 0) is 41.2 Å². The van der Waals surface area contributed by atoms with Crippen LogP contribution in [0.2, 0.25) is 0 Å². The van der Waals surface area contributed by atoms with Gasteiger partial charge in [0.05, 0.1) is 30.4 Å². The summed E-state index contributed by atoms with van der Waals surface area (Å²) in [5.74, 6) is 0. The van der Waals surface area contributed by atoms with Gasteiger partial charge >= 0.3 is 0 Å². The lowest BCUT2D eigenvalue weighted by Gasteiger charge is -2.36. The first kappa shape index (κ1) is 19.5. The summed E-state index contributed by atoms with van der Waals surface area (Å²) in [6.45, 7) is 1.75. The molecule has 0 spiro atoms. The molecule has 0 bridgehead atoms. The zero-order valence-corrected chi connectivity index (χ0v) is 15.4. The van der Waals surface area contributed by atoms with E-state index in [1.165, 1.54) is 5.56 Å². The van der Waals surface area contributed by atoms with Crippen molar-refractivity contribution >= 4 is 0 Å². The van der Waals surface area contributed by atoms with Crippen LogP contribution in [0, 0.1) is 11.3 Å². The van der Waals surface area contributed by atoms with Crippen LogP contribution in [0.4, 0.5) is 0 Å². The largest absolute Gasteiger partial charge is 0.394 e. The SMILES string of the molecule is CCc1ccc(Cc2cc([C@H]3C[C@@H](O)[C@H](O)[C@@H](CO)O3)ccc2C#N)cc1. The summed E-state index contributed by atoms with van der Waals surface area (Å²) in [5, 5.41) is 38.8. The zero-order valence-electron chi connectivity index (χ0n) is 15.4. The molecule has 0 aromatic heterocycles. The molecule has 1 heterocycles. The van der Waals surface area contributed by atoms with E-state index in [4.69, 9.17) is 4.74 Å². The van der Waals surface area contributed by atoms with Crippen molar-refractivity contribution < 1.29 is 20.1 Å². The Balaban J connectivity index is 1.85. The fourth-order valence-corrected chi connectivity index (χ4v) is 3.50. The Kier molecular flexibility index (Phi) is 6.25. The van der Waals surface area contributed by atoms with Crippen LogP contribution in [-0.2, 0) is 17.6 Å². The van der Waals surface area contributed by atoms with E-state index in [0.717, 1.165) is 23.1 Å². The molecule has 0 aliphatic carbocycles. The molecule has 27 heavy (non-hydrogen) atoms. The minimum absolute atomic E-state index is 0.244. The van der Waals surface area contributed by atoms with Gasteiger partial charge in [-0.1, -0.05) is 43.3 Å². The molecule has 0 amide bonds. The van der Waals surface area contributed by atoms with Crippen molar-refractivity contribution in [3.05, 3.63) is 70.3 Å². The van der Waals surface area contributed by atoms with Gasteiger partial charge in [0.2, 0.25) is 0 Å². The highest BCUT2D eigenvalue weighted by molar-refractivity contribution is 5.44. The number of aliphatic hydroxyl groups is 3. The van der Waals surface area contributed by atoms with Gasteiger partial charge in [0.25, 0.3) is 0 Å². The van der Waals surface area contributed by atoms with Gasteiger partial charge in [0, 0.05) is 6.42 Å². The first-order valence-corrected chi connectivity index (χ1v) is 9.28. The monoisotopic (exact) mass is 367 g/mol. The number of hydrogen-bond donors (Lipinski definition) is 3. The summed E-state index contributed by atoms with van der Waals surface area (Å²) in [4.78, 5) is 0. The van der Waals surface area contributed by atoms with E-state index in [9.17, 15) is 20.6 Å². The molecule has 3 N–H and O–H groups in total. The Morgan fingerprint density at radius 3 is 2.44 bits per heavy atom. The van der Waals surface area contributed by atoms with Crippen molar-refractivity contribution in [2.45, 2.75) is 50.6 Å². The zero-order chi connectivity index (χ0) is 19.4. The third kappa shape index (κ3) is 4.37. The summed E-state index contributed by atoms with van der Waals surface area (Å²) in [6.07, 6.45) is -1.45. The van der Waals surface area contributed by atoms with E-state index in [1.54, 1.807) is 6.07 Å². The van der Waals surface area contributed by atoms with Crippen molar-refractivity contribution in [2.75, 3.05) is 6.61 Å². The average Bonchev–Trinajstić information content (AvgIpc) is 2.70. The number of hydrogen-bond acceptors (Lipinski definition) is 5. The molecule has 0 unspecified atom stereocenters. The van der Waals surface area contributed by atoms with E-state index < -0.39 is 24.4 Å². The van der Waals surface area contributed by atoms with Crippen molar-refractivity contribution in [2.24, 2.45) is 0 Å². The van der Waals surface area contributed by atoms with Gasteiger partial charge in [-0.2, -0.15) is 5.26 Å². The van der Waals surface area contributed by atoms with Crippen molar-refractivity contribution in [1.82, 2.24) is 0 Å². The Hall–Kier alpha value is -2.23. The molecule has 2 aromatic carbocycles. The Bertz CT molecular complexity index is 812. The minimum Gasteiger partial charge on any atom is -0.394 e. The fourth-order valence-electron chi connectivity index (χ4n) is 3.50. The molecule has 1 aliphatic rings. The smallest absolute Gasteiger partial charge is 0.110 e. The lowest BCUT2D eigenvalue weighted by atomic mass is 9.91. The Labute approximate surface area is 159 Å². The summed E-state index contributed by atoms with van der Waals surface area (Å²) >= 11 is 0. The van der Waals surface area contributed by atoms with Crippen LogP contribution in [0.15, 0.2) is 42.5 Å². The second-order valence-corrected chi connectivity index (χ2v) is 7.01. The van der Waals surface area contributed by atoms with Gasteiger partial charge in [-0.25, -0.2) is 0 Å². The van der Waals surface area contributed by atoms with Crippen molar-refractivity contribution in [3.63, 3.8) is 0 Å². The van der Waals surface area contributed by atoms with Gasteiger partial charge in [-0.15, -0.1) is 0 Å². The molecule has 2 aromatic rings. The Morgan fingerprint density at radius 2 is 1.81 bits per heavy atom. The quantitative estimate of drug-likeness (QED) is 0.754. The van der Waals surface area contributed by atoms with E-state index in [-0.39, 0.29) is 13.0 Å². The first-order chi connectivity index (χ1) is 13.0. The maximum Gasteiger partial charge on any atom is 0.110 e. The van der Waals surface area contributed by atoms with Crippen LogP contribution in [0.5, 0.6) is 0 Å². The highest BCUT2D eigenvalue weighted by Gasteiger charge is 2.37. The van der Waals surface area contributed by atoms with Gasteiger partial charge in [-0.3, -0.25) is 0 Å². The van der Waals surface area contributed by atoms with E-state index in [0.29, 0.717) is 12.0 Å². The molecule has 0 saturated carbocycles. The maximum atomic E-state index is 10.1. The third-order valence-electron chi connectivity index (χ3n) is 5.20. The molecule has 3 rings (SSSR count). The third-order valence-corrected chi connectivity index (χ3v) is 5.20. The number of aryl methyl sites for hydroxylation is 1. The average molecular weight is 367 g/mol. The molecule has 5 nitrogen and oxygen atoms in total. The van der Waals surface area contributed by atoms with E-state index in [1.807, 2.05) is 12.1 Å². The fraction of sp³-hybridized carbons (Fsp3) is 0.409. The van der Waals surface area contributed by atoms with Crippen LogP contribution in [0.25, 0.3) is 0 Å². The van der Waals surface area contributed by atoms with Crippen LogP contribution in [-0.4, -0.2) is 40.2 Å². The predicted octanol–water partition coefficient (Wildman–Crippen LogP) is 2.26. The molecule has 4 atom stereocenters. The Morgan fingerprint density at radius 1 is 1.11 bits per heavy atom. The number of ether oxygens (including phenoxy) is 1. The highest BCUT2D eigenvalue weighted by atomic mass is 16.5. The number of aliphatic hydroxyl groups excluding tert-OH is 3. The van der Waals surface area contributed by atoms with Crippen LogP contribution >= 0.6 is 0 Å². The van der Waals surface area contributed by atoms with Crippen LogP contribution < -0.4 is 0 Å². The normalized spacial score (nSPS) is 25.1. The molecule has 1 aliphatic heterocycles. The van der Waals surface area contributed by atoms with E-state index in [2.05, 4.69) is 37.3 Å². The second kappa shape index (κ2) is 8.64. The molecule has 142 valence electrons. The number of benzene rings is 2. The highest BCUT2D eigenvalue weighted by Crippen LogP contribution is 2.33. The van der Waals surface area contributed by atoms with Gasteiger partial charge in [0.15, 0.2) is 0 Å². The van der Waals surface area contributed by atoms with Crippen LogP contribution in [0.3, 0.4) is 0 Å². The van der Waals surface area contributed by atoms with Crippen LogP contribution in [0.1, 0.15) is 47.3 Å². The second-order valence-electron chi connectivity index (χ2n) is 7.01. The molecule has 5 heteroatoms. The van der Waals surface area contributed by atoms with E-state index >= 15 is 0 Å². The number of nitriles is 1. The molecule has 1 fully saturated rings. The van der Waals surface area contributed by atoms with Crippen molar-refractivity contribution in [1.29, 1.82) is 5.26 Å². The first-order valence-electron chi connectivity index (χ1n) is 9.28. The standard InChI is InChI=1S/C22H25NO4/c1-2-14-3-5-15(6-4-14)9-18-10-16(7-8-17(18)12-23)20-11-19(25)22(26)21(13-24)27-20/h3-8,10,19-22,24-26H,2,9,11,13H2,1H3/t19-,20-,21-,22+/m1/s1. The number of nitrogens with zero attached hydrogens (tertiary/aromatic N) is 1. The van der Waals surface area contributed by atoms with Gasteiger partial charge in [0.1, 0.15) is 12.2 Å². The summed E-state index contributed by atoms with van der Waals surface area (Å²) in [5.41, 5.74) is 4.72. The molecular formula is C22H25NO4. The summed E-state index contributed by atoms with van der Waals surface area (Å²) < 4.78 is 5.77. The number of rotatable bonds is 5. The van der Waals surface area contributed by atoms with Crippen molar-refractivity contribution in [3.8, 4) is 6.07 Å². The maximum absolute atomic E-state index is 10.1. The molecular weight excluding hydrogens is 342 g/mol. The van der Waals surface area contributed by atoms with Gasteiger partial charge < -0.3 is 20.1 Å². The lowest BCUT2D eigenvalue weighted by Crippen LogP contribution is -2.47. The topological polar surface area (TPSA) is 93.7 Å². The minimum atomic E-state index is -1.10. The summed E-state index contributed by atoms with van der Waals surface area (Å²) in [6, 6.07) is 16.1. The summed E-state index contributed by atoms with van der Waals surface area (Å²) in [7, 11) is 0.